The molecular weight excluding hydrogens is 231 g/mol. The van der Waals surface area contributed by atoms with Gasteiger partial charge in [-0.05, 0) is 6.92 Å². The second-order valence-corrected chi connectivity index (χ2v) is 0.995. The van der Waals surface area contributed by atoms with Gasteiger partial charge in [0, 0.05) is 0 Å². The molecule has 0 aromatic rings. The van der Waals surface area contributed by atoms with Crippen molar-refractivity contribution in [3.05, 3.63) is 0 Å². The van der Waals surface area contributed by atoms with E-state index in [1.165, 1.54) is 0 Å². The average molecular weight is 236 g/mol. The number of carboxylic acids is 1. The molecule has 6 heteroatoms. The van der Waals surface area contributed by atoms with Gasteiger partial charge in [-0.2, -0.15) is 0 Å². The number of aliphatic hydroxyl groups is 1. The van der Waals surface area contributed by atoms with Crippen molar-refractivity contribution in [2.45, 2.75) is 13.0 Å². The largest absolute Gasteiger partial charge is 2.00 e. The number of carboxylic acid groups (broad SMARTS) is 1. The Morgan fingerprint density at radius 2 is 1.67 bits per heavy atom. The molecule has 0 radical (unpaired) electrons. The van der Waals surface area contributed by atoms with Crippen LogP contribution in [0.4, 0.5) is 0 Å². The topological polar surface area (TPSA) is 88.9 Å². The normalized spacial score (nSPS) is 9.11. The molecule has 9 heavy (non-hydrogen) atoms. The monoisotopic (exact) mass is 233 g/mol. The van der Waals surface area contributed by atoms with Crippen molar-refractivity contribution in [1.29, 1.82) is 0 Å². The van der Waals surface area contributed by atoms with Gasteiger partial charge in [0.2, 0.25) is 0 Å². The Bertz CT molecular complexity index is 64.8. The van der Waals surface area contributed by atoms with Crippen LogP contribution in [-0.4, -0.2) is 17.2 Å². The van der Waals surface area contributed by atoms with E-state index >= 15 is 0 Å². The first-order valence-corrected chi connectivity index (χ1v) is 1.53. The molecule has 0 saturated carbocycles. The van der Waals surface area contributed by atoms with Crippen molar-refractivity contribution in [1.82, 2.24) is 0 Å². The molecule has 0 amide bonds. The average Bonchev–Trinajstić information content (AvgIpc) is 1.36. The number of hydrogen-bond donors (Lipinski definition) is 1. The molecule has 0 aliphatic carbocycles. The van der Waals surface area contributed by atoms with E-state index in [0.717, 1.165) is 6.92 Å². The van der Waals surface area contributed by atoms with Crippen molar-refractivity contribution in [2.24, 2.45) is 0 Å². The van der Waals surface area contributed by atoms with E-state index in [-0.39, 0.29) is 44.4 Å². The minimum atomic E-state index is -1.44. The van der Waals surface area contributed by atoms with Crippen LogP contribution in [0.15, 0.2) is 0 Å². The standard InChI is InChI=1S/C3H6O3.O.2Zn/c1-2(4)3(5)6;;;/h2,4H,1H3,(H,5,6);;;/q;-2;2*+2/p-1. The number of aliphatic carboxylic acids is 1. The van der Waals surface area contributed by atoms with E-state index in [0.29, 0.717) is 0 Å². The fourth-order valence-electron chi connectivity index (χ4n) is 0. The molecule has 1 atom stereocenters. The van der Waals surface area contributed by atoms with Gasteiger partial charge < -0.3 is 20.5 Å². The Morgan fingerprint density at radius 3 is 1.67 bits per heavy atom. The summed E-state index contributed by atoms with van der Waals surface area (Å²) >= 11 is 0. The molecular formula is C3H5O4Zn2+. The van der Waals surface area contributed by atoms with Gasteiger partial charge in [-0.25, -0.2) is 0 Å². The van der Waals surface area contributed by atoms with Crippen molar-refractivity contribution in [3.8, 4) is 0 Å². The Hall–Kier alpha value is 0.637. The molecule has 0 rings (SSSR count). The molecule has 1 unspecified atom stereocenters. The molecule has 0 aromatic heterocycles. The van der Waals surface area contributed by atoms with Gasteiger partial charge in [-0.3, -0.25) is 0 Å². The molecule has 0 aliphatic heterocycles. The van der Waals surface area contributed by atoms with Crippen LogP contribution in [0.3, 0.4) is 0 Å². The van der Waals surface area contributed by atoms with Gasteiger partial charge in [0.15, 0.2) is 0 Å². The molecule has 0 bridgehead atoms. The molecule has 4 nitrogen and oxygen atoms in total. The van der Waals surface area contributed by atoms with Crippen LogP contribution in [-0.2, 0) is 49.2 Å². The Kier molecular flexibility index (Phi) is 28.7. The molecule has 1 N–H and O–H groups in total. The van der Waals surface area contributed by atoms with Gasteiger partial charge in [0.25, 0.3) is 0 Å². The van der Waals surface area contributed by atoms with Crippen LogP contribution in [0.5, 0.6) is 0 Å². The number of aliphatic hydroxyl groups excluding tert-OH is 1. The summed E-state index contributed by atoms with van der Waals surface area (Å²) in [5.74, 6) is -1.44. The number of hydrogen-bond acceptors (Lipinski definition) is 3. The molecule has 0 heterocycles. The fourth-order valence-corrected chi connectivity index (χ4v) is 0. The maximum absolute atomic E-state index is 9.34. The first-order chi connectivity index (χ1) is 2.64. The van der Waals surface area contributed by atoms with Crippen LogP contribution in [0, 0.1) is 0 Å². The summed E-state index contributed by atoms with van der Waals surface area (Å²) in [7, 11) is 0. The molecule has 0 spiro atoms. The van der Waals surface area contributed by atoms with Gasteiger partial charge in [-0.1, -0.05) is 0 Å². The third-order valence-corrected chi connectivity index (χ3v) is 0.341. The second kappa shape index (κ2) is 11.4. The van der Waals surface area contributed by atoms with Gasteiger partial charge >= 0.3 is 39.0 Å². The molecule has 0 aliphatic rings. The van der Waals surface area contributed by atoms with Crippen molar-refractivity contribution < 1.29 is 59.4 Å². The van der Waals surface area contributed by atoms with Crippen molar-refractivity contribution in [2.75, 3.05) is 0 Å². The predicted octanol–water partition coefficient (Wildman–Crippen LogP) is -2.01. The smallest absolute Gasteiger partial charge is 2.00 e. The third-order valence-electron chi connectivity index (χ3n) is 0.341. The zero-order chi connectivity index (χ0) is 5.15. The fraction of sp³-hybridized carbons (Fsp3) is 0.667. The molecule has 0 saturated heterocycles. The number of carbonyl (C=O) groups is 1. The maximum Gasteiger partial charge on any atom is 2.00 e. The predicted molar refractivity (Wildman–Crippen MR) is 17.4 cm³/mol. The van der Waals surface area contributed by atoms with Crippen LogP contribution in [0.1, 0.15) is 6.92 Å². The molecule has 0 aromatic carbocycles. The van der Waals surface area contributed by atoms with Crippen LogP contribution < -0.4 is 5.11 Å². The van der Waals surface area contributed by atoms with E-state index in [1.54, 1.807) is 0 Å². The summed E-state index contributed by atoms with van der Waals surface area (Å²) in [6, 6.07) is 0. The summed E-state index contributed by atoms with van der Waals surface area (Å²) in [6.45, 7) is 1.13. The first kappa shape index (κ1) is 22.6. The summed E-state index contributed by atoms with van der Waals surface area (Å²) < 4.78 is 0. The summed E-state index contributed by atoms with van der Waals surface area (Å²) in [5, 5.41) is 17.3. The van der Waals surface area contributed by atoms with Gasteiger partial charge in [-0.15, -0.1) is 0 Å². The number of carbonyl (C=O) groups excluding carboxylic acids is 1. The van der Waals surface area contributed by atoms with Crippen LogP contribution in [0.25, 0.3) is 0 Å². The summed E-state index contributed by atoms with van der Waals surface area (Å²) in [4.78, 5) is 9.34. The van der Waals surface area contributed by atoms with Crippen LogP contribution in [0.2, 0.25) is 0 Å². The second-order valence-electron chi connectivity index (χ2n) is 0.995. The SMILES string of the molecule is CC(O)C(=O)[O-].[O-2].[Zn+2].[Zn+2]. The zero-order valence-electron chi connectivity index (χ0n) is 5.16. The minimum absolute atomic E-state index is 0. The summed E-state index contributed by atoms with van der Waals surface area (Å²) in [5.41, 5.74) is 0. The first-order valence-electron chi connectivity index (χ1n) is 1.53. The Morgan fingerprint density at radius 1 is 1.56 bits per heavy atom. The van der Waals surface area contributed by atoms with Crippen molar-refractivity contribution >= 4 is 5.97 Å². The Labute approximate surface area is 78.5 Å². The van der Waals surface area contributed by atoms with Gasteiger partial charge in [0.05, 0.1) is 12.1 Å². The number of rotatable bonds is 1. The van der Waals surface area contributed by atoms with Gasteiger partial charge in [0.1, 0.15) is 0 Å². The zero-order valence-corrected chi connectivity index (χ0v) is 11.1. The Balaban J connectivity index is -0.0000000417. The molecule has 0 fully saturated rings. The quantitative estimate of drug-likeness (QED) is 0.533. The van der Waals surface area contributed by atoms with E-state index in [4.69, 9.17) is 5.11 Å². The van der Waals surface area contributed by atoms with E-state index in [9.17, 15) is 9.90 Å². The van der Waals surface area contributed by atoms with E-state index < -0.39 is 12.1 Å². The summed E-state index contributed by atoms with van der Waals surface area (Å²) in [6.07, 6.45) is -1.34. The third kappa shape index (κ3) is 17.7. The van der Waals surface area contributed by atoms with Crippen LogP contribution >= 0.6 is 0 Å². The van der Waals surface area contributed by atoms with E-state index in [2.05, 4.69) is 0 Å². The van der Waals surface area contributed by atoms with Crippen molar-refractivity contribution in [3.63, 3.8) is 0 Å². The van der Waals surface area contributed by atoms with E-state index in [1.807, 2.05) is 0 Å². The maximum atomic E-state index is 9.34. The minimum Gasteiger partial charge on any atom is -2.00 e. The molecule has 44 valence electrons.